The van der Waals surface area contributed by atoms with Crippen LogP contribution >= 0.6 is 11.3 Å². The van der Waals surface area contributed by atoms with Crippen molar-refractivity contribution in [3.8, 4) is 10.8 Å². The predicted molar refractivity (Wildman–Crippen MR) is 86.4 cm³/mol. The highest BCUT2D eigenvalue weighted by Gasteiger charge is 2.15. The molecule has 0 atom stereocenters. The zero-order valence-electron chi connectivity index (χ0n) is 11.8. The molecular weight excluding hydrogens is 280 g/mol. The van der Waals surface area contributed by atoms with Gasteiger partial charge in [0.1, 0.15) is 5.76 Å². The van der Waals surface area contributed by atoms with E-state index in [4.69, 9.17) is 4.42 Å². The normalized spacial score (nSPS) is 16.0. The summed E-state index contributed by atoms with van der Waals surface area (Å²) in [5, 5.41) is 4.54. The second-order valence-electron chi connectivity index (χ2n) is 5.61. The zero-order chi connectivity index (χ0) is 14.1. The standard InChI is InChI=1S/C17H18N2OS/c1-2-6-12(5-1)18-11-13-9-10-15(20-13)17-19-14-7-3-4-8-16(14)21-17/h3-4,7-10,12,18H,1-2,5-6,11H2. The number of para-hydroxylation sites is 1. The Morgan fingerprint density at radius 3 is 2.86 bits per heavy atom. The van der Waals surface area contributed by atoms with Crippen LogP contribution in [0.4, 0.5) is 0 Å². The summed E-state index contributed by atoms with van der Waals surface area (Å²) < 4.78 is 7.15. The first-order chi connectivity index (χ1) is 10.4. The van der Waals surface area contributed by atoms with Crippen molar-refractivity contribution in [3.63, 3.8) is 0 Å². The molecule has 1 aromatic carbocycles. The van der Waals surface area contributed by atoms with Gasteiger partial charge in [0.15, 0.2) is 10.8 Å². The number of furan rings is 1. The van der Waals surface area contributed by atoms with Crippen LogP contribution in [0.2, 0.25) is 0 Å². The number of aromatic nitrogens is 1. The number of hydrogen-bond acceptors (Lipinski definition) is 4. The number of fused-ring (bicyclic) bond motifs is 1. The van der Waals surface area contributed by atoms with Crippen LogP contribution in [0.5, 0.6) is 0 Å². The summed E-state index contributed by atoms with van der Waals surface area (Å²) in [6.45, 7) is 0.815. The lowest BCUT2D eigenvalue weighted by molar-refractivity contribution is 0.452. The summed E-state index contributed by atoms with van der Waals surface area (Å²) in [7, 11) is 0. The Morgan fingerprint density at radius 1 is 1.14 bits per heavy atom. The van der Waals surface area contributed by atoms with Crippen molar-refractivity contribution in [1.29, 1.82) is 0 Å². The van der Waals surface area contributed by atoms with Crippen molar-refractivity contribution in [2.24, 2.45) is 0 Å². The first kappa shape index (κ1) is 13.0. The minimum absolute atomic E-state index is 0.668. The smallest absolute Gasteiger partial charge is 0.163 e. The van der Waals surface area contributed by atoms with Gasteiger partial charge in [0, 0.05) is 6.04 Å². The van der Waals surface area contributed by atoms with Gasteiger partial charge in [-0.1, -0.05) is 25.0 Å². The van der Waals surface area contributed by atoms with E-state index in [2.05, 4.69) is 22.4 Å². The quantitative estimate of drug-likeness (QED) is 0.765. The van der Waals surface area contributed by atoms with Gasteiger partial charge in [-0.15, -0.1) is 11.3 Å². The van der Waals surface area contributed by atoms with Crippen molar-refractivity contribution in [1.82, 2.24) is 10.3 Å². The summed E-state index contributed by atoms with van der Waals surface area (Å²) in [6, 6.07) is 13.0. The minimum Gasteiger partial charge on any atom is -0.457 e. The van der Waals surface area contributed by atoms with Crippen molar-refractivity contribution in [2.45, 2.75) is 38.3 Å². The molecule has 0 aliphatic heterocycles. The number of thiazole rings is 1. The summed E-state index contributed by atoms with van der Waals surface area (Å²) in [4.78, 5) is 4.64. The largest absolute Gasteiger partial charge is 0.457 e. The number of nitrogens with one attached hydrogen (secondary N) is 1. The molecule has 3 aromatic rings. The summed E-state index contributed by atoms with van der Waals surface area (Å²) in [5.41, 5.74) is 1.04. The fourth-order valence-corrected chi connectivity index (χ4v) is 3.87. The molecule has 0 unspecified atom stereocenters. The van der Waals surface area contributed by atoms with Gasteiger partial charge in [-0.25, -0.2) is 4.98 Å². The molecule has 1 aliphatic carbocycles. The van der Waals surface area contributed by atoms with Gasteiger partial charge in [0.05, 0.1) is 16.8 Å². The Morgan fingerprint density at radius 2 is 2.00 bits per heavy atom. The third-order valence-corrected chi connectivity index (χ3v) is 5.14. The van der Waals surface area contributed by atoms with Gasteiger partial charge in [-0.05, 0) is 37.1 Å². The van der Waals surface area contributed by atoms with E-state index >= 15 is 0 Å². The van der Waals surface area contributed by atoms with Crippen LogP contribution in [0.25, 0.3) is 21.0 Å². The van der Waals surface area contributed by atoms with Crippen LogP contribution in [0.15, 0.2) is 40.8 Å². The first-order valence-electron chi connectivity index (χ1n) is 7.56. The number of nitrogens with zero attached hydrogens (tertiary/aromatic N) is 1. The maximum absolute atomic E-state index is 5.94. The topological polar surface area (TPSA) is 38.1 Å². The maximum Gasteiger partial charge on any atom is 0.163 e. The average molecular weight is 298 g/mol. The van der Waals surface area contributed by atoms with Gasteiger partial charge in [0.2, 0.25) is 0 Å². The van der Waals surface area contributed by atoms with E-state index in [0.29, 0.717) is 6.04 Å². The highest BCUT2D eigenvalue weighted by molar-refractivity contribution is 7.21. The Labute approximate surface area is 128 Å². The van der Waals surface area contributed by atoms with Gasteiger partial charge in [-0.3, -0.25) is 0 Å². The molecule has 0 saturated heterocycles. The third kappa shape index (κ3) is 2.74. The molecule has 2 heterocycles. The molecule has 0 amide bonds. The minimum atomic E-state index is 0.668. The van der Waals surface area contributed by atoms with Crippen LogP contribution in [0, 0.1) is 0 Å². The number of hydrogen-bond donors (Lipinski definition) is 1. The molecule has 0 radical (unpaired) electrons. The lowest BCUT2D eigenvalue weighted by Crippen LogP contribution is -2.24. The maximum atomic E-state index is 5.94. The second kappa shape index (κ2) is 5.62. The van der Waals surface area contributed by atoms with Gasteiger partial charge in [0.25, 0.3) is 0 Å². The molecule has 3 nitrogen and oxygen atoms in total. The summed E-state index contributed by atoms with van der Waals surface area (Å²) in [5.74, 6) is 1.87. The van der Waals surface area contributed by atoms with Crippen LogP contribution < -0.4 is 5.32 Å². The van der Waals surface area contributed by atoms with E-state index in [1.54, 1.807) is 11.3 Å². The molecule has 0 spiro atoms. The molecule has 1 N–H and O–H groups in total. The summed E-state index contributed by atoms with van der Waals surface area (Å²) in [6.07, 6.45) is 5.30. The van der Waals surface area contributed by atoms with Crippen LogP contribution in [-0.4, -0.2) is 11.0 Å². The predicted octanol–water partition coefficient (Wildman–Crippen LogP) is 4.59. The number of rotatable bonds is 4. The van der Waals surface area contributed by atoms with E-state index in [-0.39, 0.29) is 0 Å². The molecule has 4 rings (SSSR count). The molecule has 2 aromatic heterocycles. The van der Waals surface area contributed by atoms with Crippen molar-refractivity contribution < 1.29 is 4.42 Å². The van der Waals surface area contributed by atoms with Gasteiger partial charge >= 0.3 is 0 Å². The van der Waals surface area contributed by atoms with Crippen LogP contribution in [0.3, 0.4) is 0 Å². The van der Waals surface area contributed by atoms with Crippen molar-refractivity contribution in [3.05, 3.63) is 42.2 Å². The second-order valence-corrected chi connectivity index (χ2v) is 6.65. The SMILES string of the molecule is c1ccc2sc(-c3ccc(CNC4CCCC4)o3)nc2c1. The lowest BCUT2D eigenvalue weighted by Gasteiger charge is -2.09. The monoisotopic (exact) mass is 298 g/mol. The molecule has 1 aliphatic rings. The molecule has 1 saturated carbocycles. The van der Waals surface area contributed by atoms with Crippen LogP contribution in [-0.2, 0) is 6.54 Å². The third-order valence-electron chi connectivity index (χ3n) is 4.09. The molecule has 4 heteroatoms. The Kier molecular flexibility index (Phi) is 3.49. The van der Waals surface area contributed by atoms with E-state index in [1.165, 1.54) is 30.4 Å². The highest BCUT2D eigenvalue weighted by Crippen LogP contribution is 2.31. The van der Waals surface area contributed by atoms with E-state index in [9.17, 15) is 0 Å². The van der Waals surface area contributed by atoms with Gasteiger partial charge in [-0.2, -0.15) is 0 Å². The first-order valence-corrected chi connectivity index (χ1v) is 8.38. The molecule has 1 fully saturated rings. The van der Waals surface area contributed by atoms with Crippen LogP contribution in [0.1, 0.15) is 31.4 Å². The zero-order valence-corrected chi connectivity index (χ0v) is 12.7. The Hall–Kier alpha value is -1.65. The fraction of sp³-hybridized carbons (Fsp3) is 0.353. The van der Waals surface area contributed by atoms with Crippen molar-refractivity contribution >= 4 is 21.6 Å². The Bertz CT molecular complexity index is 707. The fourth-order valence-electron chi connectivity index (χ4n) is 2.94. The molecular formula is C17H18N2OS. The van der Waals surface area contributed by atoms with E-state index in [0.717, 1.165) is 28.6 Å². The van der Waals surface area contributed by atoms with E-state index in [1.807, 2.05) is 24.3 Å². The van der Waals surface area contributed by atoms with Crippen molar-refractivity contribution in [2.75, 3.05) is 0 Å². The summed E-state index contributed by atoms with van der Waals surface area (Å²) >= 11 is 1.68. The lowest BCUT2D eigenvalue weighted by atomic mass is 10.2. The number of benzene rings is 1. The highest BCUT2D eigenvalue weighted by atomic mass is 32.1. The Balaban J connectivity index is 1.50. The van der Waals surface area contributed by atoms with Gasteiger partial charge < -0.3 is 9.73 Å². The molecule has 0 bridgehead atoms. The van der Waals surface area contributed by atoms with E-state index < -0.39 is 0 Å². The molecule has 21 heavy (non-hydrogen) atoms. The average Bonchev–Trinajstić information content (AvgIpc) is 3.24. The molecule has 108 valence electrons.